The molecule has 0 amide bonds. The van der Waals surface area contributed by atoms with Crippen molar-refractivity contribution in [2.45, 2.75) is 20.3 Å². The minimum atomic E-state index is -0.116. The van der Waals surface area contributed by atoms with Gasteiger partial charge < -0.3 is 25.0 Å². The van der Waals surface area contributed by atoms with Crippen molar-refractivity contribution in [2.24, 2.45) is 0 Å². The molecule has 1 aliphatic rings. The number of hydrogen-bond acceptors (Lipinski definition) is 5. The predicted octanol–water partition coefficient (Wildman–Crippen LogP) is 3.54. The topological polar surface area (TPSA) is 71.0 Å². The van der Waals surface area contributed by atoms with Crippen LogP contribution in [-0.2, 0) is 6.42 Å². The van der Waals surface area contributed by atoms with Crippen molar-refractivity contribution in [2.75, 3.05) is 19.8 Å². The van der Waals surface area contributed by atoms with Gasteiger partial charge in [0.2, 0.25) is 0 Å². The van der Waals surface area contributed by atoms with Crippen molar-refractivity contribution < 1.29 is 19.7 Å². The summed E-state index contributed by atoms with van der Waals surface area (Å²) in [5.41, 5.74) is 3.78. The molecule has 1 aliphatic heterocycles. The maximum Gasteiger partial charge on any atom is 0.161 e. The van der Waals surface area contributed by atoms with Crippen molar-refractivity contribution in [1.82, 2.24) is 5.32 Å². The van der Waals surface area contributed by atoms with Crippen LogP contribution in [0.5, 0.6) is 23.0 Å². The first-order valence-corrected chi connectivity index (χ1v) is 8.52. The first-order chi connectivity index (χ1) is 12.1. The lowest BCUT2D eigenvalue weighted by Gasteiger charge is -2.22. The number of phenolic OH excluding ortho intramolecular Hbond substituents is 2. The van der Waals surface area contributed by atoms with Gasteiger partial charge in [0.1, 0.15) is 0 Å². The van der Waals surface area contributed by atoms with Crippen molar-refractivity contribution in [1.29, 1.82) is 0 Å². The normalized spacial score (nSPS) is 14.7. The molecule has 25 heavy (non-hydrogen) atoms. The number of hydrogen-bond donors (Lipinski definition) is 3. The van der Waals surface area contributed by atoms with E-state index in [1.807, 2.05) is 38.1 Å². The third-order valence-corrected chi connectivity index (χ3v) is 4.08. The van der Waals surface area contributed by atoms with E-state index in [0.717, 1.165) is 41.1 Å². The molecule has 2 aromatic rings. The highest BCUT2D eigenvalue weighted by Crippen LogP contribution is 2.35. The van der Waals surface area contributed by atoms with E-state index in [-0.39, 0.29) is 11.5 Å². The maximum atomic E-state index is 9.83. The summed E-state index contributed by atoms with van der Waals surface area (Å²) >= 11 is 0. The summed E-state index contributed by atoms with van der Waals surface area (Å²) in [6.45, 7) is 5.80. The fraction of sp³-hybridized carbons (Fsp3) is 0.300. The van der Waals surface area contributed by atoms with Gasteiger partial charge in [-0.05, 0) is 61.7 Å². The molecule has 5 heteroatoms. The second kappa shape index (κ2) is 7.38. The molecule has 0 saturated heterocycles. The van der Waals surface area contributed by atoms with Gasteiger partial charge in [-0.1, -0.05) is 6.07 Å². The zero-order valence-corrected chi connectivity index (χ0v) is 14.5. The second-order valence-electron chi connectivity index (χ2n) is 5.81. The Labute approximate surface area is 147 Å². The zero-order chi connectivity index (χ0) is 17.8. The number of phenols is 2. The summed E-state index contributed by atoms with van der Waals surface area (Å²) in [6.07, 6.45) is 2.81. The van der Waals surface area contributed by atoms with Gasteiger partial charge in [0.05, 0.1) is 13.2 Å². The van der Waals surface area contributed by atoms with Gasteiger partial charge in [-0.15, -0.1) is 0 Å². The van der Waals surface area contributed by atoms with Gasteiger partial charge in [-0.25, -0.2) is 0 Å². The molecule has 0 aromatic heterocycles. The molecule has 0 spiro atoms. The molecule has 3 rings (SSSR count). The van der Waals surface area contributed by atoms with Crippen LogP contribution >= 0.6 is 0 Å². The van der Waals surface area contributed by atoms with Crippen molar-refractivity contribution in [3.05, 3.63) is 47.0 Å². The molecule has 0 atom stereocenters. The number of aromatic hydroxyl groups is 2. The lowest BCUT2D eigenvalue weighted by Crippen LogP contribution is -2.22. The van der Waals surface area contributed by atoms with E-state index in [0.29, 0.717) is 19.0 Å². The van der Waals surface area contributed by atoms with Crippen molar-refractivity contribution in [3.8, 4) is 23.0 Å². The van der Waals surface area contributed by atoms with Gasteiger partial charge in [-0.3, -0.25) is 0 Å². The number of ether oxygens (including phenoxy) is 2. The number of fused-ring (bicyclic) bond motifs is 1. The van der Waals surface area contributed by atoms with Crippen molar-refractivity contribution >= 4 is 11.8 Å². The van der Waals surface area contributed by atoms with Crippen LogP contribution in [0.15, 0.2) is 30.3 Å². The Bertz CT molecular complexity index is 799. The highest BCUT2D eigenvalue weighted by Gasteiger charge is 2.17. The lowest BCUT2D eigenvalue weighted by molar-refractivity contribution is 0.287. The SMILES string of the molecule is CCOc1ccc(/C=C2\NCCc3cc(O)c(O)cc32)cc1OCC. The van der Waals surface area contributed by atoms with Crippen molar-refractivity contribution in [3.63, 3.8) is 0 Å². The Morgan fingerprint density at radius 2 is 1.72 bits per heavy atom. The average molecular weight is 341 g/mol. The highest BCUT2D eigenvalue weighted by atomic mass is 16.5. The fourth-order valence-electron chi connectivity index (χ4n) is 2.96. The summed E-state index contributed by atoms with van der Waals surface area (Å²) in [7, 11) is 0. The van der Waals surface area contributed by atoms with E-state index < -0.39 is 0 Å². The smallest absolute Gasteiger partial charge is 0.161 e. The molecule has 2 aromatic carbocycles. The van der Waals surface area contributed by atoms with Crippen LogP contribution in [0.2, 0.25) is 0 Å². The van der Waals surface area contributed by atoms with Crippen LogP contribution in [0.1, 0.15) is 30.5 Å². The first-order valence-electron chi connectivity index (χ1n) is 8.52. The molecule has 0 unspecified atom stereocenters. The summed E-state index contributed by atoms with van der Waals surface area (Å²) < 4.78 is 11.3. The molecular weight excluding hydrogens is 318 g/mol. The molecule has 3 N–H and O–H groups in total. The molecule has 0 saturated carbocycles. The highest BCUT2D eigenvalue weighted by molar-refractivity contribution is 5.84. The van der Waals surface area contributed by atoms with E-state index >= 15 is 0 Å². The van der Waals surface area contributed by atoms with Crippen LogP contribution in [0, 0.1) is 0 Å². The predicted molar refractivity (Wildman–Crippen MR) is 98.1 cm³/mol. The number of nitrogens with one attached hydrogen (secondary N) is 1. The minimum absolute atomic E-state index is 0.0836. The van der Waals surface area contributed by atoms with Crippen LogP contribution < -0.4 is 14.8 Å². The quantitative estimate of drug-likeness (QED) is 0.726. The Hall–Kier alpha value is -2.82. The van der Waals surface area contributed by atoms with E-state index in [4.69, 9.17) is 9.47 Å². The van der Waals surface area contributed by atoms with Gasteiger partial charge in [0.15, 0.2) is 23.0 Å². The lowest BCUT2D eigenvalue weighted by atomic mass is 9.96. The van der Waals surface area contributed by atoms with Gasteiger partial charge >= 0.3 is 0 Å². The summed E-state index contributed by atoms with van der Waals surface area (Å²) in [5, 5.41) is 22.9. The van der Waals surface area contributed by atoms with E-state index in [1.165, 1.54) is 0 Å². The first kappa shape index (κ1) is 17.0. The molecule has 0 bridgehead atoms. The van der Waals surface area contributed by atoms with Gasteiger partial charge in [0, 0.05) is 17.8 Å². The molecule has 5 nitrogen and oxygen atoms in total. The number of benzene rings is 2. The van der Waals surface area contributed by atoms with Gasteiger partial charge in [-0.2, -0.15) is 0 Å². The van der Waals surface area contributed by atoms with E-state index in [2.05, 4.69) is 5.32 Å². The molecular formula is C20H23NO4. The van der Waals surface area contributed by atoms with Gasteiger partial charge in [0.25, 0.3) is 0 Å². The third kappa shape index (κ3) is 3.65. The van der Waals surface area contributed by atoms with Crippen LogP contribution in [-0.4, -0.2) is 30.0 Å². The Kier molecular flexibility index (Phi) is 5.03. The second-order valence-corrected chi connectivity index (χ2v) is 5.81. The van der Waals surface area contributed by atoms with Crippen LogP contribution in [0.3, 0.4) is 0 Å². The Balaban J connectivity index is 1.99. The minimum Gasteiger partial charge on any atom is -0.504 e. The molecule has 0 radical (unpaired) electrons. The number of rotatable bonds is 5. The summed E-state index contributed by atoms with van der Waals surface area (Å²) in [5.74, 6) is 1.24. The molecule has 0 fully saturated rings. The standard InChI is InChI=1S/C20H23NO4/c1-3-24-19-6-5-13(10-20(19)25-4-2)9-16-15-12-18(23)17(22)11-14(15)7-8-21-16/h5-6,9-12,21-23H,3-4,7-8H2,1-2H3/b16-9-. The molecule has 132 valence electrons. The van der Waals surface area contributed by atoms with Crippen LogP contribution in [0.4, 0.5) is 0 Å². The largest absolute Gasteiger partial charge is 0.504 e. The van der Waals surface area contributed by atoms with E-state index in [1.54, 1.807) is 12.1 Å². The van der Waals surface area contributed by atoms with Crippen LogP contribution in [0.25, 0.3) is 11.8 Å². The maximum absolute atomic E-state index is 9.83. The fourth-order valence-corrected chi connectivity index (χ4v) is 2.96. The molecule has 1 heterocycles. The Morgan fingerprint density at radius 3 is 2.48 bits per heavy atom. The Morgan fingerprint density at radius 1 is 1.00 bits per heavy atom. The third-order valence-electron chi connectivity index (χ3n) is 4.08. The molecule has 0 aliphatic carbocycles. The summed E-state index contributed by atoms with van der Waals surface area (Å²) in [4.78, 5) is 0. The van der Waals surface area contributed by atoms with E-state index in [9.17, 15) is 10.2 Å². The average Bonchev–Trinajstić information content (AvgIpc) is 2.59. The summed E-state index contributed by atoms with van der Waals surface area (Å²) in [6, 6.07) is 9.04. The zero-order valence-electron chi connectivity index (χ0n) is 14.5. The monoisotopic (exact) mass is 341 g/mol.